The monoisotopic (exact) mass is 390 g/mol. The van der Waals surface area contributed by atoms with Crippen molar-refractivity contribution in [3.63, 3.8) is 0 Å². The van der Waals surface area contributed by atoms with Gasteiger partial charge in [-0.05, 0) is 46.9 Å². The average Bonchev–Trinajstić information content (AvgIpc) is 3.24. The van der Waals surface area contributed by atoms with Crippen LogP contribution in [0.5, 0.6) is 0 Å². The highest BCUT2D eigenvalue weighted by Crippen LogP contribution is 2.23. The van der Waals surface area contributed by atoms with E-state index >= 15 is 0 Å². The first-order valence-corrected chi connectivity index (χ1v) is 8.20. The van der Waals surface area contributed by atoms with Gasteiger partial charge in [-0.25, -0.2) is 9.67 Å². The highest BCUT2D eigenvalue weighted by Gasteiger charge is 2.20. The van der Waals surface area contributed by atoms with Crippen molar-refractivity contribution >= 4 is 33.4 Å². The Labute approximate surface area is 136 Å². The van der Waals surface area contributed by atoms with E-state index in [9.17, 15) is 0 Å². The Bertz CT molecular complexity index is 792. The zero-order valence-electron chi connectivity index (χ0n) is 11.5. The van der Waals surface area contributed by atoms with Crippen molar-refractivity contribution < 1.29 is 0 Å². The van der Waals surface area contributed by atoms with Crippen LogP contribution in [0.15, 0.2) is 42.7 Å². The van der Waals surface area contributed by atoms with Gasteiger partial charge in [-0.3, -0.25) is 0 Å². The average molecular weight is 390 g/mol. The van der Waals surface area contributed by atoms with Gasteiger partial charge in [0, 0.05) is 24.2 Å². The summed E-state index contributed by atoms with van der Waals surface area (Å²) in [4.78, 5) is 4.82. The quantitative estimate of drug-likeness (QED) is 0.696. The fraction of sp³-hybridized carbons (Fsp3) is 0.250. The van der Waals surface area contributed by atoms with E-state index in [2.05, 4.69) is 57.3 Å². The second-order valence-corrected chi connectivity index (χ2v) is 6.66. The zero-order chi connectivity index (χ0) is 14.2. The number of hydrogen-bond acceptors (Lipinski definition) is 3. The van der Waals surface area contributed by atoms with E-state index in [1.54, 1.807) is 0 Å². The van der Waals surface area contributed by atoms with Crippen molar-refractivity contribution in [1.82, 2.24) is 20.1 Å². The summed E-state index contributed by atoms with van der Waals surface area (Å²) >= 11 is 2.27. The van der Waals surface area contributed by atoms with Gasteiger partial charge in [0.25, 0.3) is 0 Å². The lowest BCUT2D eigenvalue weighted by Gasteiger charge is -2.10. The molecule has 1 aliphatic carbocycles. The number of fused-ring (bicyclic) bond motifs is 1. The number of halogens is 1. The van der Waals surface area contributed by atoms with Crippen LogP contribution in [0.4, 0.5) is 0 Å². The fourth-order valence-electron chi connectivity index (χ4n) is 2.45. The molecule has 0 atom stereocenters. The Balaban J connectivity index is 1.81. The summed E-state index contributed by atoms with van der Waals surface area (Å²) in [5.41, 5.74) is 1.07. The minimum Gasteiger partial charge on any atom is -0.308 e. The molecule has 1 saturated carbocycles. The second kappa shape index (κ2) is 5.38. The summed E-state index contributed by atoms with van der Waals surface area (Å²) in [5.74, 6) is 0.906. The van der Waals surface area contributed by atoms with Crippen molar-refractivity contribution in [2.24, 2.45) is 0 Å². The van der Waals surface area contributed by atoms with Gasteiger partial charge in [-0.1, -0.05) is 24.3 Å². The molecular weight excluding hydrogens is 375 g/mol. The SMILES string of the molecule is Ic1cnn(-c2nc(CNC3CC3)cc3ccccc23)c1. The van der Waals surface area contributed by atoms with Crippen LogP contribution in [0, 0.1) is 3.57 Å². The van der Waals surface area contributed by atoms with Crippen LogP contribution in [0.3, 0.4) is 0 Å². The molecule has 1 aromatic carbocycles. The molecule has 1 N–H and O–H groups in total. The van der Waals surface area contributed by atoms with Crippen LogP contribution in [0.2, 0.25) is 0 Å². The van der Waals surface area contributed by atoms with Crippen LogP contribution in [0.25, 0.3) is 16.6 Å². The molecule has 0 saturated heterocycles. The number of hydrogen-bond donors (Lipinski definition) is 1. The van der Waals surface area contributed by atoms with Gasteiger partial charge < -0.3 is 5.32 Å². The normalized spacial score (nSPS) is 14.7. The van der Waals surface area contributed by atoms with Crippen molar-refractivity contribution in [3.8, 4) is 5.82 Å². The first-order chi connectivity index (χ1) is 10.3. The lowest BCUT2D eigenvalue weighted by Crippen LogP contribution is -2.17. The minimum absolute atomic E-state index is 0.687. The molecule has 106 valence electrons. The minimum atomic E-state index is 0.687. The molecule has 4 nitrogen and oxygen atoms in total. The topological polar surface area (TPSA) is 42.7 Å². The smallest absolute Gasteiger partial charge is 0.161 e. The number of nitrogens with zero attached hydrogens (tertiary/aromatic N) is 3. The molecular formula is C16H15IN4. The molecule has 0 unspecified atom stereocenters. The van der Waals surface area contributed by atoms with Crippen molar-refractivity contribution in [1.29, 1.82) is 0 Å². The molecule has 0 amide bonds. The summed E-state index contributed by atoms with van der Waals surface area (Å²) in [6, 6.07) is 11.2. The summed E-state index contributed by atoms with van der Waals surface area (Å²) in [6.45, 7) is 0.820. The van der Waals surface area contributed by atoms with Gasteiger partial charge >= 0.3 is 0 Å². The lowest BCUT2D eigenvalue weighted by molar-refractivity contribution is 0.672. The molecule has 2 aromatic heterocycles. The number of nitrogens with one attached hydrogen (secondary N) is 1. The Kier molecular flexibility index (Phi) is 3.39. The molecule has 5 heteroatoms. The number of benzene rings is 1. The molecule has 0 aliphatic heterocycles. The number of pyridine rings is 1. The predicted molar refractivity (Wildman–Crippen MR) is 91.4 cm³/mol. The molecule has 1 aliphatic rings. The van der Waals surface area contributed by atoms with E-state index in [0.717, 1.165) is 27.0 Å². The van der Waals surface area contributed by atoms with Gasteiger partial charge in [0.1, 0.15) is 0 Å². The molecule has 0 spiro atoms. The van der Waals surface area contributed by atoms with Gasteiger partial charge in [-0.2, -0.15) is 5.10 Å². The van der Waals surface area contributed by atoms with Gasteiger partial charge in [0.15, 0.2) is 5.82 Å². The Hall–Kier alpha value is -1.47. The summed E-state index contributed by atoms with van der Waals surface area (Å²) in [5, 5.41) is 10.3. The maximum atomic E-state index is 4.82. The molecule has 21 heavy (non-hydrogen) atoms. The van der Waals surface area contributed by atoms with E-state index in [-0.39, 0.29) is 0 Å². The van der Waals surface area contributed by atoms with E-state index in [4.69, 9.17) is 4.98 Å². The predicted octanol–water partition coefficient (Wildman–Crippen LogP) is 3.28. The third-order valence-electron chi connectivity index (χ3n) is 3.69. The molecule has 0 radical (unpaired) electrons. The summed E-state index contributed by atoms with van der Waals surface area (Å²) < 4.78 is 2.98. The highest BCUT2D eigenvalue weighted by atomic mass is 127. The summed E-state index contributed by atoms with van der Waals surface area (Å²) in [6.07, 6.45) is 6.44. The van der Waals surface area contributed by atoms with Crippen LogP contribution in [0.1, 0.15) is 18.5 Å². The summed E-state index contributed by atoms with van der Waals surface area (Å²) in [7, 11) is 0. The molecule has 3 aromatic rings. The lowest BCUT2D eigenvalue weighted by atomic mass is 10.1. The highest BCUT2D eigenvalue weighted by molar-refractivity contribution is 14.1. The molecule has 2 heterocycles. The molecule has 0 bridgehead atoms. The van der Waals surface area contributed by atoms with Gasteiger partial charge in [0.2, 0.25) is 0 Å². The molecule has 4 rings (SSSR count). The van der Waals surface area contributed by atoms with E-state index < -0.39 is 0 Å². The van der Waals surface area contributed by atoms with Gasteiger partial charge in [-0.15, -0.1) is 0 Å². The van der Waals surface area contributed by atoms with Crippen LogP contribution >= 0.6 is 22.6 Å². The maximum Gasteiger partial charge on any atom is 0.161 e. The Morgan fingerprint density at radius 3 is 2.90 bits per heavy atom. The van der Waals surface area contributed by atoms with Crippen LogP contribution in [-0.2, 0) is 6.54 Å². The van der Waals surface area contributed by atoms with E-state index in [0.29, 0.717) is 6.04 Å². The Morgan fingerprint density at radius 2 is 2.14 bits per heavy atom. The van der Waals surface area contributed by atoms with Crippen molar-refractivity contribution in [2.75, 3.05) is 0 Å². The van der Waals surface area contributed by atoms with E-state index in [1.165, 1.54) is 18.2 Å². The first kappa shape index (κ1) is 13.2. The van der Waals surface area contributed by atoms with Crippen LogP contribution in [-0.4, -0.2) is 20.8 Å². The number of aromatic nitrogens is 3. The second-order valence-electron chi connectivity index (χ2n) is 5.42. The van der Waals surface area contributed by atoms with Crippen molar-refractivity contribution in [2.45, 2.75) is 25.4 Å². The molecule has 1 fully saturated rings. The standard InChI is InChI=1S/C16H15IN4/c17-12-8-19-21(10-12)16-15-4-2-1-3-11(15)7-14(20-16)9-18-13-5-6-13/h1-4,7-8,10,13,18H,5-6,9H2. The van der Waals surface area contributed by atoms with Gasteiger partial charge in [0.05, 0.1) is 15.5 Å². The van der Waals surface area contributed by atoms with Crippen molar-refractivity contribution in [3.05, 3.63) is 52.0 Å². The Morgan fingerprint density at radius 1 is 1.29 bits per heavy atom. The largest absolute Gasteiger partial charge is 0.308 e. The first-order valence-electron chi connectivity index (χ1n) is 7.12. The van der Waals surface area contributed by atoms with E-state index in [1.807, 2.05) is 23.1 Å². The number of rotatable bonds is 4. The third kappa shape index (κ3) is 2.80. The fourth-order valence-corrected chi connectivity index (χ4v) is 2.84. The third-order valence-corrected chi connectivity index (χ3v) is 4.25. The van der Waals surface area contributed by atoms with Crippen LogP contribution < -0.4 is 5.32 Å². The maximum absolute atomic E-state index is 4.82. The zero-order valence-corrected chi connectivity index (χ0v) is 13.6.